The molecule has 0 saturated heterocycles. The van der Waals surface area contributed by atoms with Crippen molar-refractivity contribution in [1.29, 1.82) is 0 Å². The second-order valence-corrected chi connectivity index (χ2v) is 11.3. The summed E-state index contributed by atoms with van der Waals surface area (Å²) in [6.45, 7) is 0.993. The second-order valence-electron chi connectivity index (χ2n) is 8.56. The highest BCUT2D eigenvalue weighted by Crippen LogP contribution is 2.65. The molecule has 3 aromatic rings. The number of benzene rings is 3. The highest BCUT2D eigenvalue weighted by Gasteiger charge is 2.67. The quantitative estimate of drug-likeness (QED) is 0.241. The third-order valence-electron chi connectivity index (χ3n) is 5.77. The lowest BCUT2D eigenvalue weighted by Crippen LogP contribution is -2.19. The zero-order chi connectivity index (χ0) is 28.8. The maximum atomic E-state index is 14.7. The highest BCUT2D eigenvalue weighted by molar-refractivity contribution is 6.53. The van der Waals surface area contributed by atoms with Gasteiger partial charge in [0.25, 0.3) is 5.91 Å². The number of halogens is 8. The van der Waals surface area contributed by atoms with Gasteiger partial charge in [-0.1, -0.05) is 34.8 Å². The van der Waals surface area contributed by atoms with Crippen LogP contribution in [0.3, 0.4) is 0 Å². The van der Waals surface area contributed by atoms with E-state index in [1.165, 1.54) is 18.2 Å². The summed E-state index contributed by atoms with van der Waals surface area (Å²) in [7, 11) is 0. The van der Waals surface area contributed by atoms with E-state index in [0.29, 0.717) is 21.7 Å². The standard InChI is InChI=1S/C25H15Cl5F3N3O3/c1-9(37)34-21-16(31)8-17(32)22(20(21)33)36-23(38)14-7-13(2-3-15(14)28)35-24(39)19-18(25(19,29)30)10-4-11(26)6-12(27)5-10/h2-8,18-19H,1H3,(H,34,37)(H,35,39)(H,36,38)/t18-,19+/m0/s1. The van der Waals surface area contributed by atoms with Crippen LogP contribution in [0.5, 0.6) is 0 Å². The summed E-state index contributed by atoms with van der Waals surface area (Å²) in [5.74, 6) is -8.40. The Hall–Kier alpha value is -2.69. The molecule has 0 spiro atoms. The molecule has 4 rings (SSSR count). The van der Waals surface area contributed by atoms with Crippen LogP contribution in [0, 0.1) is 23.4 Å². The van der Waals surface area contributed by atoms with Crippen LogP contribution in [0.4, 0.5) is 30.2 Å². The van der Waals surface area contributed by atoms with Crippen LogP contribution in [-0.4, -0.2) is 22.1 Å². The van der Waals surface area contributed by atoms with Gasteiger partial charge in [-0.25, -0.2) is 13.2 Å². The minimum Gasteiger partial charge on any atom is -0.326 e. The molecule has 0 heterocycles. The van der Waals surface area contributed by atoms with Crippen LogP contribution in [-0.2, 0) is 9.59 Å². The fourth-order valence-corrected chi connectivity index (χ4v) is 5.57. The smallest absolute Gasteiger partial charge is 0.257 e. The lowest BCUT2D eigenvalue weighted by molar-refractivity contribution is -0.117. The van der Waals surface area contributed by atoms with Crippen molar-refractivity contribution in [3.05, 3.63) is 86.1 Å². The number of alkyl halides is 2. The van der Waals surface area contributed by atoms with Crippen molar-refractivity contribution in [2.45, 2.75) is 17.2 Å². The topological polar surface area (TPSA) is 87.3 Å². The van der Waals surface area contributed by atoms with Crippen LogP contribution in [0.1, 0.15) is 28.8 Å². The fraction of sp³-hybridized carbons (Fsp3) is 0.160. The molecule has 3 amide bonds. The van der Waals surface area contributed by atoms with Crippen LogP contribution >= 0.6 is 58.0 Å². The number of hydrogen-bond donors (Lipinski definition) is 3. The molecule has 3 aromatic carbocycles. The van der Waals surface area contributed by atoms with Gasteiger partial charge < -0.3 is 16.0 Å². The van der Waals surface area contributed by atoms with Crippen LogP contribution in [0.2, 0.25) is 15.1 Å². The number of hydrogen-bond acceptors (Lipinski definition) is 3. The van der Waals surface area contributed by atoms with E-state index in [1.54, 1.807) is 12.1 Å². The summed E-state index contributed by atoms with van der Waals surface area (Å²) in [5, 5.41) is 6.98. The number of amides is 3. The predicted octanol–water partition coefficient (Wildman–Crippen LogP) is 7.80. The molecule has 0 unspecified atom stereocenters. The summed E-state index contributed by atoms with van der Waals surface area (Å²) in [6, 6.07) is 8.78. The molecule has 3 N–H and O–H groups in total. The zero-order valence-corrected chi connectivity index (χ0v) is 23.2. The van der Waals surface area contributed by atoms with E-state index in [9.17, 15) is 27.6 Å². The summed E-state index contributed by atoms with van der Waals surface area (Å²) in [6.07, 6.45) is 0. The van der Waals surface area contributed by atoms with Gasteiger partial charge in [0.15, 0.2) is 17.5 Å². The Morgan fingerprint density at radius 3 is 2.00 bits per heavy atom. The monoisotopic (exact) mass is 637 g/mol. The van der Waals surface area contributed by atoms with Gasteiger partial charge in [0.1, 0.15) is 15.7 Å². The van der Waals surface area contributed by atoms with Gasteiger partial charge in [-0.2, -0.15) is 0 Å². The lowest BCUT2D eigenvalue weighted by Gasteiger charge is -2.14. The van der Waals surface area contributed by atoms with Gasteiger partial charge in [0.2, 0.25) is 11.8 Å². The Kier molecular flexibility index (Phi) is 8.31. The number of rotatable bonds is 6. The fourth-order valence-electron chi connectivity index (χ4n) is 4.00. The molecule has 6 nitrogen and oxygen atoms in total. The van der Waals surface area contributed by atoms with Crippen molar-refractivity contribution in [2.75, 3.05) is 16.0 Å². The Morgan fingerprint density at radius 1 is 0.821 bits per heavy atom. The normalized spacial score (nSPS) is 17.4. The largest absolute Gasteiger partial charge is 0.326 e. The molecular weight excluding hydrogens is 625 g/mol. The summed E-state index contributed by atoms with van der Waals surface area (Å²) < 4.78 is 41.5. The maximum absolute atomic E-state index is 14.7. The number of carbonyl (C=O) groups is 3. The summed E-state index contributed by atoms with van der Waals surface area (Å²) >= 11 is 30.9. The van der Waals surface area contributed by atoms with Gasteiger partial charge in [-0.05, 0) is 42.0 Å². The average molecular weight is 640 g/mol. The molecule has 14 heteroatoms. The van der Waals surface area contributed by atoms with Crippen LogP contribution in [0.15, 0.2) is 42.5 Å². The molecule has 0 bridgehead atoms. The van der Waals surface area contributed by atoms with E-state index in [-0.39, 0.29) is 16.3 Å². The van der Waals surface area contributed by atoms with Crippen molar-refractivity contribution in [2.24, 2.45) is 5.92 Å². The first-order valence-electron chi connectivity index (χ1n) is 10.9. The van der Waals surface area contributed by atoms with Crippen molar-refractivity contribution >= 4 is 92.8 Å². The summed E-state index contributed by atoms with van der Waals surface area (Å²) in [5.41, 5.74) is -1.61. The second kappa shape index (κ2) is 11.1. The zero-order valence-electron chi connectivity index (χ0n) is 19.4. The predicted molar refractivity (Wildman–Crippen MR) is 146 cm³/mol. The molecule has 1 aliphatic carbocycles. The first-order chi connectivity index (χ1) is 18.2. The number of anilines is 3. The summed E-state index contributed by atoms with van der Waals surface area (Å²) in [4.78, 5) is 37.1. The van der Waals surface area contributed by atoms with Crippen molar-refractivity contribution in [1.82, 2.24) is 0 Å². The van der Waals surface area contributed by atoms with Gasteiger partial charge >= 0.3 is 0 Å². The highest BCUT2D eigenvalue weighted by atomic mass is 35.5. The van der Waals surface area contributed by atoms with Gasteiger partial charge in [0.05, 0.1) is 16.5 Å². The van der Waals surface area contributed by atoms with Crippen LogP contribution < -0.4 is 16.0 Å². The van der Waals surface area contributed by atoms with Crippen molar-refractivity contribution in [3.8, 4) is 0 Å². The van der Waals surface area contributed by atoms with Gasteiger partial charge in [-0.15, -0.1) is 23.2 Å². The van der Waals surface area contributed by atoms with Gasteiger partial charge in [0, 0.05) is 34.6 Å². The molecular formula is C25H15Cl5F3N3O3. The average Bonchev–Trinajstić information content (AvgIpc) is 3.41. The molecule has 1 saturated carbocycles. The lowest BCUT2D eigenvalue weighted by atomic mass is 10.1. The molecule has 2 atom stereocenters. The van der Waals surface area contributed by atoms with E-state index in [0.717, 1.165) is 13.0 Å². The van der Waals surface area contributed by atoms with Crippen LogP contribution in [0.25, 0.3) is 0 Å². The van der Waals surface area contributed by atoms with E-state index in [4.69, 9.17) is 58.0 Å². The minimum absolute atomic E-state index is 0.0902. The van der Waals surface area contributed by atoms with Crippen molar-refractivity contribution in [3.63, 3.8) is 0 Å². The van der Waals surface area contributed by atoms with Crippen molar-refractivity contribution < 1.29 is 27.6 Å². The molecule has 0 radical (unpaired) electrons. The maximum Gasteiger partial charge on any atom is 0.257 e. The number of carbonyl (C=O) groups excluding carboxylic acids is 3. The van der Waals surface area contributed by atoms with E-state index in [1.807, 2.05) is 10.6 Å². The molecule has 1 fully saturated rings. The Morgan fingerprint density at radius 2 is 1.41 bits per heavy atom. The molecule has 1 aliphatic rings. The third kappa shape index (κ3) is 6.07. The minimum atomic E-state index is -1.54. The Balaban J connectivity index is 1.55. The van der Waals surface area contributed by atoms with Gasteiger partial charge in [-0.3, -0.25) is 14.4 Å². The molecule has 39 heavy (non-hydrogen) atoms. The Bertz CT molecular complexity index is 1520. The molecule has 0 aromatic heterocycles. The molecule has 204 valence electrons. The number of nitrogens with one attached hydrogen (secondary N) is 3. The first-order valence-corrected chi connectivity index (χ1v) is 12.8. The van der Waals surface area contributed by atoms with E-state index < -0.39 is 62.7 Å². The first kappa shape index (κ1) is 29.3. The Labute approximate surface area is 244 Å². The van der Waals surface area contributed by atoms with E-state index >= 15 is 0 Å². The SMILES string of the molecule is CC(=O)Nc1c(F)cc(F)c(NC(=O)c2cc(NC(=O)[C@H]3[C@H](c4cc(Cl)cc(Cl)c4)C3(Cl)Cl)ccc2Cl)c1F. The molecule has 0 aliphatic heterocycles. The van der Waals surface area contributed by atoms with E-state index in [2.05, 4.69) is 5.32 Å². The third-order valence-corrected chi connectivity index (χ3v) is 7.47.